The summed E-state index contributed by atoms with van der Waals surface area (Å²) in [5, 5.41) is 0. The van der Waals surface area contributed by atoms with Crippen LogP contribution >= 0.6 is 0 Å². The number of hydrogen-bond donors (Lipinski definition) is 0. The van der Waals surface area contributed by atoms with Gasteiger partial charge in [0.2, 0.25) is 0 Å². The van der Waals surface area contributed by atoms with E-state index in [4.69, 9.17) is 10.8 Å². The molecule has 1 unspecified atom stereocenters. The van der Waals surface area contributed by atoms with Crippen LogP contribution in [0, 0.1) is 12.3 Å². The SMILES string of the molecule is C#CCCC(C)O[SiH](C)C. The molecule has 0 radical (unpaired) electrons. The van der Waals surface area contributed by atoms with Crippen molar-refractivity contribution in [2.75, 3.05) is 0 Å². The van der Waals surface area contributed by atoms with Gasteiger partial charge in [-0.3, -0.25) is 0 Å². The zero-order valence-electron chi connectivity index (χ0n) is 7.05. The fraction of sp³-hybridized carbons (Fsp3) is 0.750. The van der Waals surface area contributed by atoms with E-state index in [9.17, 15) is 0 Å². The molecule has 0 aromatic rings. The zero-order chi connectivity index (χ0) is 7.98. The van der Waals surface area contributed by atoms with Gasteiger partial charge in [0.1, 0.15) is 0 Å². The lowest BCUT2D eigenvalue weighted by Gasteiger charge is -2.13. The molecule has 0 heterocycles. The third-order valence-corrected chi connectivity index (χ3v) is 2.21. The van der Waals surface area contributed by atoms with Crippen molar-refractivity contribution in [3.05, 3.63) is 0 Å². The van der Waals surface area contributed by atoms with Gasteiger partial charge in [-0.25, -0.2) is 0 Å². The van der Waals surface area contributed by atoms with Gasteiger partial charge in [-0.2, -0.15) is 0 Å². The summed E-state index contributed by atoms with van der Waals surface area (Å²) in [5.74, 6) is 2.61. The molecule has 1 atom stereocenters. The molecule has 0 aliphatic carbocycles. The van der Waals surface area contributed by atoms with Crippen molar-refractivity contribution in [2.24, 2.45) is 0 Å². The lowest BCUT2D eigenvalue weighted by atomic mass is 10.2. The van der Waals surface area contributed by atoms with Crippen LogP contribution in [-0.2, 0) is 4.43 Å². The average molecular weight is 156 g/mol. The highest BCUT2D eigenvalue weighted by Crippen LogP contribution is 2.01. The molecule has 0 aromatic heterocycles. The predicted octanol–water partition coefficient (Wildman–Crippen LogP) is 1.79. The summed E-state index contributed by atoms with van der Waals surface area (Å²) >= 11 is 0. The van der Waals surface area contributed by atoms with Crippen LogP contribution in [0.5, 0.6) is 0 Å². The Labute approximate surface area is 65.5 Å². The van der Waals surface area contributed by atoms with E-state index >= 15 is 0 Å². The van der Waals surface area contributed by atoms with Crippen LogP contribution in [0.1, 0.15) is 19.8 Å². The second-order valence-corrected chi connectivity index (χ2v) is 5.11. The molecule has 0 spiro atoms. The van der Waals surface area contributed by atoms with Crippen LogP contribution in [0.15, 0.2) is 0 Å². The third-order valence-electron chi connectivity index (χ3n) is 1.20. The fourth-order valence-corrected chi connectivity index (χ4v) is 1.88. The van der Waals surface area contributed by atoms with Crippen LogP contribution in [-0.4, -0.2) is 15.1 Å². The average Bonchev–Trinajstić information content (AvgIpc) is 1.82. The van der Waals surface area contributed by atoms with E-state index in [1.165, 1.54) is 0 Å². The molecule has 0 amide bonds. The molecule has 0 rings (SSSR count). The minimum absolute atomic E-state index is 0.364. The van der Waals surface area contributed by atoms with Gasteiger partial charge >= 0.3 is 0 Å². The maximum Gasteiger partial charge on any atom is 0.171 e. The molecule has 0 N–H and O–H groups in total. The number of rotatable bonds is 4. The smallest absolute Gasteiger partial charge is 0.171 e. The summed E-state index contributed by atoms with van der Waals surface area (Å²) in [6.45, 7) is 6.43. The Morgan fingerprint density at radius 1 is 1.60 bits per heavy atom. The normalized spacial score (nSPS) is 13.1. The molecule has 0 aromatic carbocycles. The van der Waals surface area contributed by atoms with Gasteiger partial charge in [0.15, 0.2) is 9.04 Å². The Morgan fingerprint density at radius 3 is 2.60 bits per heavy atom. The van der Waals surface area contributed by atoms with Gasteiger partial charge in [-0.1, -0.05) is 0 Å². The minimum atomic E-state index is -0.840. The molecule has 0 saturated heterocycles. The predicted molar refractivity (Wildman–Crippen MR) is 47.5 cm³/mol. The van der Waals surface area contributed by atoms with Gasteiger partial charge in [-0.15, -0.1) is 12.3 Å². The van der Waals surface area contributed by atoms with E-state index in [1.807, 2.05) is 0 Å². The maximum atomic E-state index is 5.60. The zero-order valence-corrected chi connectivity index (χ0v) is 8.21. The first-order chi connectivity index (χ1) is 4.66. The monoisotopic (exact) mass is 156 g/mol. The van der Waals surface area contributed by atoms with Crippen molar-refractivity contribution >= 4 is 9.04 Å². The van der Waals surface area contributed by atoms with E-state index in [-0.39, 0.29) is 0 Å². The summed E-state index contributed by atoms with van der Waals surface area (Å²) in [5.41, 5.74) is 0. The Bertz CT molecular complexity index is 115. The molecular formula is C8H16OSi. The van der Waals surface area contributed by atoms with Crippen LogP contribution in [0.4, 0.5) is 0 Å². The second kappa shape index (κ2) is 5.52. The first-order valence-electron chi connectivity index (χ1n) is 3.75. The molecule has 0 saturated carbocycles. The van der Waals surface area contributed by atoms with Crippen molar-refractivity contribution in [3.63, 3.8) is 0 Å². The highest BCUT2D eigenvalue weighted by atomic mass is 28.3. The molecule has 10 heavy (non-hydrogen) atoms. The number of terminal acetylenes is 1. The van der Waals surface area contributed by atoms with Gasteiger partial charge in [0.05, 0.1) is 0 Å². The molecule has 0 aliphatic heterocycles. The van der Waals surface area contributed by atoms with Crippen molar-refractivity contribution in [2.45, 2.75) is 39.0 Å². The Morgan fingerprint density at radius 2 is 2.20 bits per heavy atom. The van der Waals surface area contributed by atoms with Crippen molar-refractivity contribution in [3.8, 4) is 12.3 Å². The lowest BCUT2D eigenvalue weighted by molar-refractivity contribution is 0.217. The summed E-state index contributed by atoms with van der Waals surface area (Å²) < 4.78 is 5.60. The summed E-state index contributed by atoms with van der Waals surface area (Å²) in [7, 11) is -0.840. The Balaban J connectivity index is 3.27. The quantitative estimate of drug-likeness (QED) is 0.445. The van der Waals surface area contributed by atoms with E-state index in [0.717, 1.165) is 12.8 Å². The Hall–Kier alpha value is -0.263. The van der Waals surface area contributed by atoms with Crippen LogP contribution in [0.2, 0.25) is 13.1 Å². The summed E-state index contributed by atoms with van der Waals surface area (Å²) in [6, 6.07) is 0. The van der Waals surface area contributed by atoms with E-state index in [2.05, 4.69) is 25.9 Å². The maximum absolute atomic E-state index is 5.60. The standard InChI is InChI=1S/C8H16OSi/c1-5-6-7-8(2)9-10(3)4/h1,8,10H,6-7H2,2-4H3. The van der Waals surface area contributed by atoms with Crippen LogP contribution in [0.3, 0.4) is 0 Å². The first-order valence-corrected chi connectivity index (χ1v) is 6.53. The lowest BCUT2D eigenvalue weighted by Crippen LogP contribution is -2.17. The van der Waals surface area contributed by atoms with E-state index in [0.29, 0.717) is 6.10 Å². The van der Waals surface area contributed by atoms with Crippen molar-refractivity contribution in [1.82, 2.24) is 0 Å². The highest BCUT2D eigenvalue weighted by molar-refractivity contribution is 6.48. The molecule has 58 valence electrons. The molecular weight excluding hydrogens is 140 g/mol. The van der Waals surface area contributed by atoms with Gasteiger partial charge < -0.3 is 4.43 Å². The van der Waals surface area contributed by atoms with E-state index in [1.54, 1.807) is 0 Å². The summed E-state index contributed by atoms with van der Waals surface area (Å²) in [4.78, 5) is 0. The first kappa shape index (κ1) is 9.74. The number of hydrogen-bond acceptors (Lipinski definition) is 1. The fourth-order valence-electron chi connectivity index (χ4n) is 0.819. The second-order valence-electron chi connectivity index (χ2n) is 2.74. The van der Waals surface area contributed by atoms with Crippen molar-refractivity contribution < 1.29 is 4.43 Å². The van der Waals surface area contributed by atoms with Crippen LogP contribution < -0.4 is 0 Å². The molecule has 0 bridgehead atoms. The summed E-state index contributed by atoms with van der Waals surface area (Å²) in [6.07, 6.45) is 7.31. The Kier molecular flexibility index (Phi) is 5.37. The van der Waals surface area contributed by atoms with Gasteiger partial charge in [0, 0.05) is 12.5 Å². The highest BCUT2D eigenvalue weighted by Gasteiger charge is 2.03. The molecule has 0 fully saturated rings. The third kappa shape index (κ3) is 5.87. The topological polar surface area (TPSA) is 9.23 Å². The van der Waals surface area contributed by atoms with Gasteiger partial charge in [-0.05, 0) is 26.4 Å². The van der Waals surface area contributed by atoms with Crippen molar-refractivity contribution in [1.29, 1.82) is 0 Å². The largest absolute Gasteiger partial charge is 0.418 e. The van der Waals surface area contributed by atoms with Crippen LogP contribution in [0.25, 0.3) is 0 Å². The molecule has 1 nitrogen and oxygen atoms in total. The molecule has 0 aliphatic rings. The minimum Gasteiger partial charge on any atom is -0.418 e. The molecule has 2 heteroatoms. The van der Waals surface area contributed by atoms with E-state index < -0.39 is 9.04 Å². The van der Waals surface area contributed by atoms with Gasteiger partial charge in [0.25, 0.3) is 0 Å².